The van der Waals surface area contributed by atoms with E-state index in [1.54, 1.807) is 27.7 Å². The van der Waals surface area contributed by atoms with Gasteiger partial charge >= 0.3 is 0 Å². The first-order chi connectivity index (χ1) is 14.6. The molecular weight excluding hydrogens is 412 g/mol. The summed E-state index contributed by atoms with van der Waals surface area (Å²) in [6, 6.07) is 15.6. The number of rotatable bonds is 5. The molecule has 30 heavy (non-hydrogen) atoms. The third-order valence-electron chi connectivity index (χ3n) is 5.04. The van der Waals surface area contributed by atoms with E-state index in [9.17, 15) is 4.79 Å². The number of thiazole rings is 1. The summed E-state index contributed by atoms with van der Waals surface area (Å²) < 4.78 is 3.79. The number of imidazole rings is 1. The van der Waals surface area contributed by atoms with E-state index in [1.165, 1.54) is 0 Å². The first-order valence-electron chi connectivity index (χ1n) is 9.77. The van der Waals surface area contributed by atoms with Crippen LogP contribution < -0.4 is 5.56 Å². The van der Waals surface area contributed by atoms with Gasteiger partial charge in [-0.2, -0.15) is 0 Å². The summed E-state index contributed by atoms with van der Waals surface area (Å²) in [6.45, 7) is 4.28. The number of hydrogen-bond acceptors (Lipinski definition) is 5. The van der Waals surface area contributed by atoms with Crippen molar-refractivity contribution in [2.24, 2.45) is 0 Å². The van der Waals surface area contributed by atoms with Crippen LogP contribution in [-0.2, 0) is 5.75 Å². The number of nitrogens with zero attached hydrogens (tertiary/aromatic N) is 4. The van der Waals surface area contributed by atoms with Crippen LogP contribution in [0.1, 0.15) is 31.0 Å². The highest BCUT2D eigenvalue weighted by Crippen LogP contribution is 2.28. The van der Waals surface area contributed by atoms with Crippen molar-refractivity contribution in [2.75, 3.05) is 0 Å². The van der Waals surface area contributed by atoms with Crippen LogP contribution >= 0.6 is 23.1 Å². The van der Waals surface area contributed by atoms with Gasteiger partial charge in [0.1, 0.15) is 0 Å². The molecule has 150 valence electrons. The van der Waals surface area contributed by atoms with Gasteiger partial charge < -0.3 is 0 Å². The Morgan fingerprint density at radius 2 is 1.87 bits per heavy atom. The van der Waals surface area contributed by atoms with Crippen molar-refractivity contribution in [3.05, 3.63) is 87.9 Å². The van der Waals surface area contributed by atoms with Crippen LogP contribution in [0, 0.1) is 0 Å². The van der Waals surface area contributed by atoms with Crippen LogP contribution in [0.4, 0.5) is 0 Å². The molecule has 2 aromatic carbocycles. The molecule has 0 aliphatic carbocycles. The van der Waals surface area contributed by atoms with Gasteiger partial charge in [0.25, 0.3) is 5.56 Å². The first kappa shape index (κ1) is 19.1. The number of para-hydroxylation sites is 2. The van der Waals surface area contributed by atoms with Crippen molar-refractivity contribution in [2.45, 2.75) is 30.7 Å². The lowest BCUT2D eigenvalue weighted by Crippen LogP contribution is -2.23. The van der Waals surface area contributed by atoms with Crippen LogP contribution in [-0.4, -0.2) is 18.9 Å². The van der Waals surface area contributed by atoms with Crippen LogP contribution in [0.5, 0.6) is 0 Å². The highest BCUT2D eigenvalue weighted by atomic mass is 32.2. The van der Waals surface area contributed by atoms with Crippen LogP contribution in [0.15, 0.2) is 76.3 Å². The number of benzene rings is 2. The van der Waals surface area contributed by atoms with Gasteiger partial charge in [0.05, 0.1) is 22.3 Å². The molecule has 3 aromatic heterocycles. The zero-order valence-electron chi connectivity index (χ0n) is 16.6. The minimum atomic E-state index is -0.0398. The molecule has 0 spiro atoms. The SMILES string of the molecule is CC(C)c1ccccc1-n1c(SCc2cn3ccsc3n2)nc2ccccc2c1=O. The topological polar surface area (TPSA) is 52.2 Å². The minimum Gasteiger partial charge on any atom is -0.297 e. The molecule has 5 aromatic rings. The predicted molar refractivity (Wildman–Crippen MR) is 124 cm³/mol. The van der Waals surface area contributed by atoms with E-state index in [1.807, 2.05) is 64.6 Å². The van der Waals surface area contributed by atoms with E-state index >= 15 is 0 Å². The quantitative estimate of drug-likeness (QED) is 0.271. The maximum atomic E-state index is 13.5. The summed E-state index contributed by atoms with van der Waals surface area (Å²) in [7, 11) is 0. The van der Waals surface area contributed by atoms with E-state index in [0.717, 1.165) is 21.9 Å². The second kappa shape index (κ2) is 7.74. The standard InChI is InChI=1S/C23H20N4OS2/c1-15(2)17-7-4-6-10-20(17)27-21(28)18-8-3-5-9-19(18)25-23(27)30-14-16-13-26-11-12-29-22(26)24-16/h3-13,15H,14H2,1-2H3. The fourth-order valence-corrected chi connectivity index (χ4v) is 5.19. The van der Waals surface area contributed by atoms with Gasteiger partial charge in [-0.05, 0) is 29.7 Å². The van der Waals surface area contributed by atoms with E-state index < -0.39 is 0 Å². The Morgan fingerprint density at radius 3 is 2.70 bits per heavy atom. The Labute approximate surface area is 182 Å². The summed E-state index contributed by atoms with van der Waals surface area (Å²) >= 11 is 3.15. The number of fused-ring (bicyclic) bond motifs is 2. The van der Waals surface area contributed by atoms with Gasteiger partial charge in [-0.25, -0.2) is 9.97 Å². The number of hydrogen-bond donors (Lipinski definition) is 0. The second-order valence-corrected chi connectivity index (χ2v) is 9.19. The Kier molecular flexibility index (Phi) is 4.92. The summed E-state index contributed by atoms with van der Waals surface area (Å²) in [6.07, 6.45) is 4.04. The molecule has 0 saturated heterocycles. The largest absolute Gasteiger partial charge is 0.297 e. The predicted octanol–water partition coefficient (Wildman–Crippen LogP) is 5.51. The Bertz CT molecular complexity index is 1390. The zero-order chi connectivity index (χ0) is 20.7. The first-order valence-corrected chi connectivity index (χ1v) is 11.6. The smallest absolute Gasteiger partial charge is 0.266 e. The van der Waals surface area contributed by atoms with Gasteiger partial charge in [0, 0.05) is 23.5 Å². The molecule has 5 nitrogen and oxygen atoms in total. The number of thioether (sulfide) groups is 1. The molecule has 0 bridgehead atoms. The van der Waals surface area contributed by atoms with Gasteiger partial charge in [-0.1, -0.05) is 55.9 Å². The van der Waals surface area contributed by atoms with Gasteiger partial charge in [0.2, 0.25) is 0 Å². The van der Waals surface area contributed by atoms with E-state index in [2.05, 4.69) is 24.9 Å². The van der Waals surface area contributed by atoms with Crippen molar-refractivity contribution >= 4 is 39.0 Å². The van der Waals surface area contributed by atoms with E-state index in [-0.39, 0.29) is 11.5 Å². The average molecular weight is 433 g/mol. The fraction of sp³-hybridized carbons (Fsp3) is 0.174. The number of aromatic nitrogens is 4. The lowest BCUT2D eigenvalue weighted by molar-refractivity contribution is 0.780. The fourth-order valence-electron chi connectivity index (χ4n) is 3.59. The van der Waals surface area contributed by atoms with Crippen LogP contribution in [0.3, 0.4) is 0 Å². The molecule has 5 rings (SSSR count). The second-order valence-electron chi connectivity index (χ2n) is 7.38. The summed E-state index contributed by atoms with van der Waals surface area (Å²) in [4.78, 5) is 24.0. The molecule has 0 atom stereocenters. The molecule has 7 heteroatoms. The molecular formula is C23H20N4OS2. The molecule has 0 aliphatic heterocycles. The maximum Gasteiger partial charge on any atom is 0.266 e. The van der Waals surface area contributed by atoms with Crippen LogP contribution in [0.2, 0.25) is 0 Å². The van der Waals surface area contributed by atoms with Crippen LogP contribution in [0.25, 0.3) is 21.6 Å². The third kappa shape index (κ3) is 3.34. The normalized spacial score (nSPS) is 11.7. The van der Waals surface area contributed by atoms with Gasteiger partial charge in [-0.15, -0.1) is 11.3 Å². The van der Waals surface area contributed by atoms with Crippen molar-refractivity contribution in [3.63, 3.8) is 0 Å². The Hall–Kier alpha value is -2.90. The Balaban J connectivity index is 1.65. The third-order valence-corrected chi connectivity index (χ3v) is 6.78. The lowest BCUT2D eigenvalue weighted by Gasteiger charge is -2.18. The summed E-state index contributed by atoms with van der Waals surface area (Å²) in [5.41, 5.74) is 3.67. The molecule has 0 aliphatic rings. The molecule has 0 amide bonds. The maximum absolute atomic E-state index is 13.5. The minimum absolute atomic E-state index is 0.0398. The highest BCUT2D eigenvalue weighted by Gasteiger charge is 2.17. The molecule has 0 saturated carbocycles. The molecule has 0 unspecified atom stereocenters. The lowest BCUT2D eigenvalue weighted by atomic mass is 10.0. The average Bonchev–Trinajstić information content (AvgIpc) is 3.34. The van der Waals surface area contributed by atoms with E-state index in [4.69, 9.17) is 4.98 Å². The molecule has 0 radical (unpaired) electrons. The Morgan fingerprint density at radius 1 is 1.07 bits per heavy atom. The summed E-state index contributed by atoms with van der Waals surface area (Å²) in [5, 5.41) is 3.33. The molecule has 3 heterocycles. The van der Waals surface area contributed by atoms with Crippen molar-refractivity contribution in [3.8, 4) is 5.69 Å². The zero-order valence-corrected chi connectivity index (χ0v) is 18.3. The van der Waals surface area contributed by atoms with E-state index in [0.29, 0.717) is 21.8 Å². The van der Waals surface area contributed by atoms with Gasteiger partial charge in [0.15, 0.2) is 10.1 Å². The van der Waals surface area contributed by atoms with Crippen molar-refractivity contribution < 1.29 is 0 Å². The molecule has 0 N–H and O–H groups in total. The van der Waals surface area contributed by atoms with Crippen molar-refractivity contribution in [1.82, 2.24) is 18.9 Å². The van der Waals surface area contributed by atoms with Gasteiger partial charge in [-0.3, -0.25) is 13.8 Å². The van der Waals surface area contributed by atoms with Crippen molar-refractivity contribution in [1.29, 1.82) is 0 Å². The summed E-state index contributed by atoms with van der Waals surface area (Å²) in [5.74, 6) is 0.931. The monoisotopic (exact) mass is 432 g/mol. The molecule has 0 fully saturated rings. The highest BCUT2D eigenvalue weighted by molar-refractivity contribution is 7.98.